The maximum absolute atomic E-state index is 12.2. The van der Waals surface area contributed by atoms with Crippen molar-refractivity contribution in [3.8, 4) is 0 Å². The van der Waals surface area contributed by atoms with Crippen molar-refractivity contribution in [2.45, 2.75) is 32.7 Å². The van der Waals surface area contributed by atoms with E-state index in [1.54, 1.807) is 6.07 Å². The minimum Gasteiger partial charge on any atom is -0.338 e. The summed E-state index contributed by atoms with van der Waals surface area (Å²) in [4.78, 5) is 24.1. The molecular formula is C16H17N3O3S. The second kappa shape index (κ2) is 5.66. The van der Waals surface area contributed by atoms with Gasteiger partial charge in [-0.15, -0.1) is 0 Å². The molecule has 0 unspecified atom stereocenters. The number of benzene rings is 1. The number of carbonyl (C=O) groups is 1. The highest BCUT2D eigenvalue weighted by molar-refractivity contribution is 7.16. The molecule has 0 atom stereocenters. The largest absolute Gasteiger partial charge is 0.338 e. The lowest BCUT2D eigenvalue weighted by molar-refractivity contribution is -0.116. The monoisotopic (exact) mass is 331 g/mol. The van der Waals surface area contributed by atoms with E-state index in [1.165, 1.54) is 4.57 Å². The summed E-state index contributed by atoms with van der Waals surface area (Å²) in [5.41, 5.74) is 1.35. The molecule has 3 aromatic rings. The van der Waals surface area contributed by atoms with Gasteiger partial charge < -0.3 is 4.52 Å². The molecule has 2 aromatic heterocycles. The number of amides is 1. The van der Waals surface area contributed by atoms with Gasteiger partial charge in [0.15, 0.2) is 0 Å². The van der Waals surface area contributed by atoms with Crippen molar-refractivity contribution in [2.24, 2.45) is 0 Å². The Balaban J connectivity index is 1.78. The summed E-state index contributed by atoms with van der Waals surface area (Å²) in [6.45, 7) is 5.96. The standard InChI is InChI=1S/C16H17N3O3S/c1-16(2,3)12-8-14(22-18-12)17-13(20)9-19-10-6-4-5-7-11(10)23-15(19)21/h4-8H,9H2,1-3H3,(H,17,20). The van der Waals surface area contributed by atoms with Crippen LogP contribution in [-0.4, -0.2) is 15.6 Å². The van der Waals surface area contributed by atoms with Crippen molar-refractivity contribution in [3.63, 3.8) is 0 Å². The van der Waals surface area contributed by atoms with Gasteiger partial charge in [0.25, 0.3) is 0 Å². The fourth-order valence-electron chi connectivity index (χ4n) is 2.17. The highest BCUT2D eigenvalue weighted by Crippen LogP contribution is 2.23. The minimum absolute atomic E-state index is 0.0611. The Morgan fingerprint density at radius 3 is 2.78 bits per heavy atom. The molecule has 0 bridgehead atoms. The molecule has 1 amide bonds. The van der Waals surface area contributed by atoms with Gasteiger partial charge in [0.2, 0.25) is 11.8 Å². The summed E-state index contributed by atoms with van der Waals surface area (Å²) in [5.74, 6) is -0.0419. The Hall–Kier alpha value is -2.41. The van der Waals surface area contributed by atoms with Crippen LogP contribution < -0.4 is 10.2 Å². The molecule has 120 valence electrons. The first-order valence-electron chi connectivity index (χ1n) is 7.20. The number of para-hydroxylation sites is 1. The molecule has 0 radical (unpaired) electrons. The highest BCUT2D eigenvalue weighted by atomic mass is 32.1. The van der Waals surface area contributed by atoms with Crippen LogP contribution in [0.2, 0.25) is 0 Å². The van der Waals surface area contributed by atoms with E-state index in [0.29, 0.717) is 0 Å². The molecule has 23 heavy (non-hydrogen) atoms. The molecule has 0 aliphatic rings. The topological polar surface area (TPSA) is 77.1 Å². The smallest absolute Gasteiger partial charge is 0.308 e. The minimum atomic E-state index is -0.327. The third-order valence-electron chi connectivity index (χ3n) is 3.42. The lowest BCUT2D eigenvalue weighted by Gasteiger charge is -2.12. The molecule has 1 aromatic carbocycles. The maximum atomic E-state index is 12.2. The van der Waals surface area contributed by atoms with E-state index in [1.807, 2.05) is 45.0 Å². The van der Waals surface area contributed by atoms with Gasteiger partial charge in [0, 0.05) is 11.5 Å². The zero-order valence-electron chi connectivity index (χ0n) is 13.1. The van der Waals surface area contributed by atoms with E-state index >= 15 is 0 Å². The molecule has 0 saturated carbocycles. The van der Waals surface area contributed by atoms with Crippen LogP contribution in [0.25, 0.3) is 10.2 Å². The molecule has 2 heterocycles. The van der Waals surface area contributed by atoms with E-state index in [-0.39, 0.29) is 28.6 Å². The molecule has 0 aliphatic heterocycles. The third-order valence-corrected chi connectivity index (χ3v) is 4.38. The number of fused-ring (bicyclic) bond motifs is 1. The zero-order valence-corrected chi connectivity index (χ0v) is 13.9. The Morgan fingerprint density at radius 1 is 1.35 bits per heavy atom. The van der Waals surface area contributed by atoms with Gasteiger partial charge >= 0.3 is 4.87 Å². The average Bonchev–Trinajstić information content (AvgIpc) is 3.04. The van der Waals surface area contributed by atoms with Crippen LogP contribution in [-0.2, 0) is 16.8 Å². The van der Waals surface area contributed by atoms with Crippen LogP contribution in [0.5, 0.6) is 0 Å². The lowest BCUT2D eigenvalue weighted by Crippen LogP contribution is -2.24. The molecule has 6 nitrogen and oxygen atoms in total. The van der Waals surface area contributed by atoms with Gasteiger partial charge in [0.05, 0.1) is 15.9 Å². The molecular weight excluding hydrogens is 314 g/mol. The third kappa shape index (κ3) is 3.19. The Morgan fingerprint density at radius 2 is 2.09 bits per heavy atom. The lowest BCUT2D eigenvalue weighted by atomic mass is 9.92. The van der Waals surface area contributed by atoms with E-state index < -0.39 is 0 Å². The van der Waals surface area contributed by atoms with Crippen molar-refractivity contribution in [2.75, 3.05) is 5.32 Å². The van der Waals surface area contributed by atoms with Gasteiger partial charge in [-0.05, 0) is 12.1 Å². The number of anilines is 1. The summed E-state index contributed by atoms with van der Waals surface area (Å²) in [6, 6.07) is 9.10. The summed E-state index contributed by atoms with van der Waals surface area (Å²) in [5, 5.41) is 6.59. The number of nitrogens with one attached hydrogen (secondary N) is 1. The van der Waals surface area contributed by atoms with Gasteiger partial charge in [-0.1, -0.05) is 49.4 Å². The fourth-order valence-corrected chi connectivity index (χ4v) is 3.06. The van der Waals surface area contributed by atoms with E-state index in [9.17, 15) is 9.59 Å². The molecule has 7 heteroatoms. The summed E-state index contributed by atoms with van der Waals surface area (Å²) < 4.78 is 7.45. The number of thiazole rings is 1. The maximum Gasteiger partial charge on any atom is 0.308 e. The second-order valence-electron chi connectivity index (χ2n) is 6.30. The zero-order chi connectivity index (χ0) is 16.6. The summed E-state index contributed by atoms with van der Waals surface area (Å²) in [7, 11) is 0. The first-order valence-corrected chi connectivity index (χ1v) is 8.01. The van der Waals surface area contributed by atoms with Gasteiger partial charge in [0.1, 0.15) is 6.54 Å². The van der Waals surface area contributed by atoms with E-state index in [2.05, 4.69) is 10.5 Å². The molecule has 0 fully saturated rings. The van der Waals surface area contributed by atoms with E-state index in [4.69, 9.17) is 4.52 Å². The summed E-state index contributed by atoms with van der Waals surface area (Å²) in [6.07, 6.45) is 0. The Bertz CT molecular complexity index is 914. The van der Waals surface area contributed by atoms with Crippen molar-refractivity contribution >= 4 is 33.3 Å². The van der Waals surface area contributed by atoms with Crippen LogP contribution in [0.1, 0.15) is 26.5 Å². The average molecular weight is 331 g/mol. The van der Waals surface area contributed by atoms with Crippen molar-refractivity contribution in [1.29, 1.82) is 0 Å². The van der Waals surface area contributed by atoms with Crippen LogP contribution in [0.15, 0.2) is 39.6 Å². The van der Waals surface area contributed by atoms with E-state index in [0.717, 1.165) is 27.2 Å². The Kier molecular flexibility index (Phi) is 3.81. The molecule has 0 aliphatic carbocycles. The number of carbonyl (C=O) groups excluding carboxylic acids is 1. The number of hydrogen-bond donors (Lipinski definition) is 1. The highest BCUT2D eigenvalue weighted by Gasteiger charge is 2.20. The summed E-state index contributed by atoms with van der Waals surface area (Å²) >= 11 is 1.13. The fraction of sp³-hybridized carbons (Fsp3) is 0.312. The predicted octanol–water partition coefficient (Wildman–Crippen LogP) is 2.99. The molecule has 3 rings (SSSR count). The molecule has 0 saturated heterocycles. The second-order valence-corrected chi connectivity index (χ2v) is 7.29. The van der Waals surface area contributed by atoms with Gasteiger partial charge in [-0.2, -0.15) is 0 Å². The SMILES string of the molecule is CC(C)(C)c1cc(NC(=O)Cn2c(=O)sc3ccccc32)on1. The van der Waals surface area contributed by atoms with Gasteiger partial charge in [-0.3, -0.25) is 19.5 Å². The van der Waals surface area contributed by atoms with Crippen molar-refractivity contribution in [1.82, 2.24) is 9.72 Å². The van der Waals surface area contributed by atoms with Crippen molar-refractivity contribution < 1.29 is 9.32 Å². The van der Waals surface area contributed by atoms with Crippen LogP contribution in [0.3, 0.4) is 0 Å². The normalized spacial score (nSPS) is 11.8. The number of hydrogen-bond acceptors (Lipinski definition) is 5. The molecule has 1 N–H and O–H groups in total. The van der Waals surface area contributed by atoms with Crippen LogP contribution in [0.4, 0.5) is 5.88 Å². The van der Waals surface area contributed by atoms with Crippen molar-refractivity contribution in [3.05, 3.63) is 45.7 Å². The first-order chi connectivity index (χ1) is 10.8. The number of rotatable bonds is 3. The van der Waals surface area contributed by atoms with Crippen LogP contribution in [0, 0.1) is 0 Å². The molecule has 0 spiro atoms. The predicted molar refractivity (Wildman–Crippen MR) is 89.9 cm³/mol. The van der Waals surface area contributed by atoms with Gasteiger partial charge in [-0.25, -0.2) is 0 Å². The quantitative estimate of drug-likeness (QED) is 0.800. The first kappa shape index (κ1) is 15.5. The Labute approximate surface area is 136 Å². The number of aromatic nitrogens is 2. The van der Waals surface area contributed by atoms with Crippen LogP contribution >= 0.6 is 11.3 Å². The number of nitrogens with zero attached hydrogens (tertiary/aromatic N) is 2.